The van der Waals surface area contributed by atoms with Crippen LogP contribution in [0.3, 0.4) is 0 Å². The Morgan fingerprint density at radius 2 is 2.14 bits per heavy atom. The lowest BCUT2D eigenvalue weighted by Gasteiger charge is -2.33. The van der Waals surface area contributed by atoms with Gasteiger partial charge in [0, 0.05) is 12.6 Å². The van der Waals surface area contributed by atoms with Crippen LogP contribution in [0, 0.1) is 5.92 Å². The highest BCUT2D eigenvalue weighted by atomic mass is 16.6. The van der Waals surface area contributed by atoms with Crippen LogP contribution in [0.5, 0.6) is 0 Å². The summed E-state index contributed by atoms with van der Waals surface area (Å²) in [6, 6.07) is 0.255. The molecule has 14 heavy (non-hydrogen) atoms. The predicted molar refractivity (Wildman–Crippen MR) is 54.9 cm³/mol. The third kappa shape index (κ3) is 3.54. The van der Waals surface area contributed by atoms with Crippen LogP contribution in [0.4, 0.5) is 4.79 Å². The molecule has 1 amide bonds. The van der Waals surface area contributed by atoms with Gasteiger partial charge in [-0.1, -0.05) is 0 Å². The lowest BCUT2D eigenvalue weighted by molar-refractivity contribution is 0.0506. The van der Waals surface area contributed by atoms with Gasteiger partial charge in [-0.05, 0) is 39.5 Å². The second-order valence-electron chi connectivity index (χ2n) is 4.88. The van der Waals surface area contributed by atoms with Gasteiger partial charge in [0.2, 0.25) is 0 Å². The fourth-order valence-electron chi connectivity index (χ4n) is 1.38. The number of nitrogens with two attached hydrogens (primary N) is 1. The van der Waals surface area contributed by atoms with Crippen LogP contribution in [0.1, 0.15) is 33.6 Å². The lowest BCUT2D eigenvalue weighted by Crippen LogP contribution is -2.46. The first kappa shape index (κ1) is 11.3. The molecule has 1 saturated carbocycles. The highest BCUT2D eigenvalue weighted by Crippen LogP contribution is 2.24. The Bertz CT molecular complexity index is 211. The van der Waals surface area contributed by atoms with E-state index in [4.69, 9.17) is 10.5 Å². The van der Waals surface area contributed by atoms with Crippen molar-refractivity contribution in [3.05, 3.63) is 0 Å². The van der Waals surface area contributed by atoms with E-state index in [9.17, 15) is 4.79 Å². The van der Waals surface area contributed by atoms with E-state index in [1.54, 1.807) is 0 Å². The summed E-state index contributed by atoms with van der Waals surface area (Å²) in [6.45, 7) is 6.18. The molecule has 4 nitrogen and oxygen atoms in total. The van der Waals surface area contributed by atoms with E-state index in [1.807, 2.05) is 20.8 Å². The minimum Gasteiger partial charge on any atom is -0.444 e. The molecule has 0 radical (unpaired) electrons. The molecular weight excluding hydrogens is 180 g/mol. The van der Waals surface area contributed by atoms with Crippen LogP contribution in [0.25, 0.3) is 0 Å². The third-order valence-corrected chi connectivity index (χ3v) is 2.38. The second-order valence-corrected chi connectivity index (χ2v) is 4.88. The molecule has 1 rings (SSSR count). The molecule has 0 bridgehead atoms. The van der Waals surface area contributed by atoms with Gasteiger partial charge in [-0.15, -0.1) is 0 Å². The number of hydrogen-bond acceptors (Lipinski definition) is 3. The Balaban J connectivity index is 2.15. The van der Waals surface area contributed by atoms with Crippen LogP contribution in [-0.4, -0.2) is 24.3 Å². The molecule has 0 heterocycles. The van der Waals surface area contributed by atoms with Gasteiger partial charge in [0.05, 0.1) is 0 Å². The fraction of sp³-hybridized carbons (Fsp3) is 0.900. The summed E-state index contributed by atoms with van der Waals surface area (Å²) in [4.78, 5) is 11.2. The summed E-state index contributed by atoms with van der Waals surface area (Å²) in [5, 5.41) is 2.73. The molecule has 0 aromatic rings. The Morgan fingerprint density at radius 1 is 1.50 bits per heavy atom. The van der Waals surface area contributed by atoms with Gasteiger partial charge in [0.1, 0.15) is 5.60 Å². The minimum atomic E-state index is -0.425. The lowest BCUT2D eigenvalue weighted by atomic mass is 9.80. The maximum absolute atomic E-state index is 11.2. The Labute approximate surface area is 85.2 Å². The average molecular weight is 200 g/mol. The normalized spacial score (nSPS) is 26.6. The first-order chi connectivity index (χ1) is 6.38. The maximum Gasteiger partial charge on any atom is 0.407 e. The zero-order valence-electron chi connectivity index (χ0n) is 9.17. The molecule has 82 valence electrons. The molecule has 1 aliphatic carbocycles. The second kappa shape index (κ2) is 4.17. The van der Waals surface area contributed by atoms with Crippen molar-refractivity contribution >= 4 is 6.09 Å². The molecule has 0 aromatic carbocycles. The quantitative estimate of drug-likeness (QED) is 0.705. The number of hydrogen-bond donors (Lipinski definition) is 2. The van der Waals surface area contributed by atoms with E-state index in [-0.39, 0.29) is 12.1 Å². The van der Waals surface area contributed by atoms with Crippen LogP contribution in [0.2, 0.25) is 0 Å². The van der Waals surface area contributed by atoms with Crippen molar-refractivity contribution in [3.63, 3.8) is 0 Å². The topological polar surface area (TPSA) is 64.3 Å². The molecule has 0 aliphatic heterocycles. The van der Waals surface area contributed by atoms with Gasteiger partial charge in [-0.2, -0.15) is 0 Å². The summed E-state index contributed by atoms with van der Waals surface area (Å²) in [6.07, 6.45) is 1.83. The van der Waals surface area contributed by atoms with Crippen molar-refractivity contribution < 1.29 is 9.53 Å². The first-order valence-electron chi connectivity index (χ1n) is 5.11. The Hall–Kier alpha value is -0.770. The highest BCUT2D eigenvalue weighted by molar-refractivity contribution is 5.67. The van der Waals surface area contributed by atoms with E-state index >= 15 is 0 Å². The number of amides is 1. The SMILES string of the molecule is CC(C)(C)OC(=O)NC[C@@H]1CC[C@@H]1N. The van der Waals surface area contributed by atoms with Gasteiger partial charge in [-0.3, -0.25) is 0 Å². The van der Waals surface area contributed by atoms with Crippen molar-refractivity contribution in [3.8, 4) is 0 Å². The van der Waals surface area contributed by atoms with Crippen molar-refractivity contribution in [2.75, 3.05) is 6.54 Å². The van der Waals surface area contributed by atoms with E-state index < -0.39 is 5.60 Å². The van der Waals surface area contributed by atoms with E-state index in [1.165, 1.54) is 0 Å². The van der Waals surface area contributed by atoms with Crippen molar-refractivity contribution in [1.29, 1.82) is 0 Å². The molecule has 1 aliphatic rings. The molecule has 0 spiro atoms. The molecule has 2 atom stereocenters. The summed E-state index contributed by atoms with van der Waals surface area (Å²) in [5.74, 6) is 0.433. The minimum absolute atomic E-state index is 0.255. The summed E-state index contributed by atoms with van der Waals surface area (Å²) in [5.41, 5.74) is 5.32. The highest BCUT2D eigenvalue weighted by Gasteiger charge is 2.28. The van der Waals surface area contributed by atoms with Gasteiger partial charge < -0.3 is 15.8 Å². The molecule has 4 heteroatoms. The summed E-state index contributed by atoms with van der Waals surface area (Å²) >= 11 is 0. The van der Waals surface area contributed by atoms with Crippen molar-refractivity contribution in [2.45, 2.75) is 45.3 Å². The van der Waals surface area contributed by atoms with Crippen molar-refractivity contribution in [2.24, 2.45) is 11.7 Å². The van der Waals surface area contributed by atoms with E-state index in [0.717, 1.165) is 12.8 Å². The van der Waals surface area contributed by atoms with Crippen LogP contribution < -0.4 is 11.1 Å². The van der Waals surface area contributed by atoms with E-state index in [2.05, 4.69) is 5.32 Å². The largest absolute Gasteiger partial charge is 0.444 e. The van der Waals surface area contributed by atoms with Gasteiger partial charge in [0.15, 0.2) is 0 Å². The molecule has 3 N–H and O–H groups in total. The van der Waals surface area contributed by atoms with Crippen LogP contribution in [-0.2, 0) is 4.74 Å². The molecular formula is C10H20N2O2. The summed E-state index contributed by atoms with van der Waals surface area (Å²) < 4.78 is 5.10. The molecule has 0 aromatic heterocycles. The number of carbonyl (C=O) groups excluding carboxylic acids is 1. The van der Waals surface area contributed by atoms with Gasteiger partial charge in [-0.25, -0.2) is 4.79 Å². The Morgan fingerprint density at radius 3 is 2.50 bits per heavy atom. The molecule has 0 unspecified atom stereocenters. The van der Waals surface area contributed by atoms with Gasteiger partial charge >= 0.3 is 6.09 Å². The zero-order chi connectivity index (χ0) is 10.8. The van der Waals surface area contributed by atoms with E-state index in [0.29, 0.717) is 12.5 Å². The van der Waals surface area contributed by atoms with Crippen LogP contribution in [0.15, 0.2) is 0 Å². The number of rotatable bonds is 2. The number of ether oxygens (including phenoxy) is 1. The number of carbonyl (C=O) groups is 1. The summed E-state index contributed by atoms with van der Waals surface area (Å²) in [7, 11) is 0. The standard InChI is InChI=1S/C10H20N2O2/c1-10(2,3)14-9(13)12-6-7-4-5-8(7)11/h7-8H,4-6,11H2,1-3H3,(H,12,13)/t7-,8-/m0/s1. The molecule has 0 saturated heterocycles. The van der Waals surface area contributed by atoms with Gasteiger partial charge in [0.25, 0.3) is 0 Å². The number of alkyl carbamates (subject to hydrolysis) is 1. The van der Waals surface area contributed by atoms with Crippen molar-refractivity contribution in [1.82, 2.24) is 5.32 Å². The maximum atomic E-state index is 11.2. The fourth-order valence-corrected chi connectivity index (χ4v) is 1.38. The molecule has 1 fully saturated rings. The smallest absolute Gasteiger partial charge is 0.407 e. The zero-order valence-corrected chi connectivity index (χ0v) is 9.17. The first-order valence-corrected chi connectivity index (χ1v) is 5.11. The third-order valence-electron chi connectivity index (χ3n) is 2.38. The Kier molecular flexibility index (Phi) is 3.37. The average Bonchev–Trinajstić information content (AvgIpc) is 1.98. The number of nitrogens with one attached hydrogen (secondary N) is 1. The van der Waals surface area contributed by atoms with Crippen LogP contribution >= 0.6 is 0 Å². The predicted octanol–water partition coefficient (Wildman–Crippen LogP) is 1.25. The monoisotopic (exact) mass is 200 g/mol.